The molecule has 2 amide bonds. The first-order valence-corrected chi connectivity index (χ1v) is 11.5. The molecule has 0 saturated carbocycles. The largest absolute Gasteiger partial charge is 0.326 e. The maximum Gasteiger partial charge on any atom is 0.264 e. The molecule has 1 aliphatic heterocycles. The van der Waals surface area contributed by atoms with Crippen LogP contribution in [0.15, 0.2) is 66.0 Å². The molecule has 1 N–H and O–H groups in total. The van der Waals surface area contributed by atoms with Gasteiger partial charge in [-0.3, -0.25) is 9.59 Å². The van der Waals surface area contributed by atoms with Crippen LogP contribution in [0.5, 0.6) is 0 Å². The molecule has 0 unspecified atom stereocenters. The van der Waals surface area contributed by atoms with Crippen LogP contribution in [0.2, 0.25) is 0 Å². The second-order valence-corrected chi connectivity index (χ2v) is 9.17. The van der Waals surface area contributed by atoms with E-state index in [2.05, 4.69) is 16.4 Å². The topological polar surface area (TPSA) is 62.3 Å². The van der Waals surface area contributed by atoms with Gasteiger partial charge in [-0.25, -0.2) is 4.98 Å². The predicted octanol–water partition coefficient (Wildman–Crippen LogP) is 5.27. The number of likely N-dealkylation sites (tertiary alicyclic amines) is 1. The third kappa shape index (κ3) is 3.62. The van der Waals surface area contributed by atoms with E-state index in [9.17, 15) is 9.59 Å². The molecular weight excluding hydrogens is 414 g/mol. The number of hydrogen-bond donors (Lipinski definition) is 1. The van der Waals surface area contributed by atoms with Gasteiger partial charge < -0.3 is 10.2 Å². The zero-order valence-corrected chi connectivity index (χ0v) is 17.7. The van der Waals surface area contributed by atoms with E-state index in [-0.39, 0.29) is 11.8 Å². The number of carbonyl (C=O) groups is 2. The van der Waals surface area contributed by atoms with Crippen molar-refractivity contribution in [3.05, 3.63) is 70.9 Å². The van der Waals surface area contributed by atoms with Crippen LogP contribution >= 0.6 is 22.7 Å². The van der Waals surface area contributed by atoms with Crippen molar-refractivity contribution in [2.24, 2.45) is 0 Å². The van der Waals surface area contributed by atoms with E-state index in [4.69, 9.17) is 0 Å². The maximum atomic E-state index is 12.9. The third-order valence-electron chi connectivity index (χ3n) is 5.24. The smallest absolute Gasteiger partial charge is 0.264 e. The average Bonchev–Trinajstić information content (AvgIpc) is 3.54. The van der Waals surface area contributed by atoms with E-state index in [1.165, 1.54) is 11.3 Å². The average molecular weight is 434 g/mol. The van der Waals surface area contributed by atoms with Crippen LogP contribution in [0.4, 0.5) is 5.69 Å². The molecular formula is C23H19N3O2S2. The second kappa shape index (κ2) is 8.01. The van der Waals surface area contributed by atoms with Gasteiger partial charge in [-0.1, -0.05) is 18.2 Å². The third-order valence-corrected chi connectivity index (χ3v) is 7.18. The number of carbonyl (C=O) groups excluding carboxylic acids is 2. The number of hydrogen-bond acceptors (Lipinski definition) is 5. The van der Waals surface area contributed by atoms with Crippen molar-refractivity contribution >= 4 is 50.4 Å². The number of thiophene rings is 1. The van der Waals surface area contributed by atoms with E-state index >= 15 is 0 Å². The van der Waals surface area contributed by atoms with Crippen molar-refractivity contribution < 1.29 is 9.59 Å². The van der Waals surface area contributed by atoms with Crippen LogP contribution in [0.25, 0.3) is 20.8 Å². The summed E-state index contributed by atoms with van der Waals surface area (Å²) in [4.78, 5) is 32.6. The molecule has 30 heavy (non-hydrogen) atoms. The van der Waals surface area contributed by atoms with Crippen molar-refractivity contribution in [1.82, 2.24) is 9.88 Å². The molecule has 0 aliphatic carbocycles. The molecule has 3 heterocycles. The number of amides is 2. The standard InChI is InChI=1S/C23H19N3O2S2/c27-21(18-6-3-13-26(18)23(28)20-8-4-14-29-20)24-16-11-9-15(10-12-16)22-25-17-5-1-2-7-19(17)30-22/h1-2,4-5,7-12,14,18H,3,6,13H2,(H,24,27)/t18-/m1/s1. The summed E-state index contributed by atoms with van der Waals surface area (Å²) in [6.07, 6.45) is 1.53. The lowest BCUT2D eigenvalue weighted by molar-refractivity contribution is -0.119. The van der Waals surface area contributed by atoms with E-state index in [0.717, 1.165) is 32.9 Å². The van der Waals surface area contributed by atoms with Gasteiger partial charge in [-0.2, -0.15) is 0 Å². The summed E-state index contributed by atoms with van der Waals surface area (Å²) in [5.74, 6) is -0.195. The minimum absolute atomic E-state index is 0.0613. The van der Waals surface area contributed by atoms with Crippen molar-refractivity contribution in [2.75, 3.05) is 11.9 Å². The molecule has 2 aromatic heterocycles. The summed E-state index contributed by atoms with van der Waals surface area (Å²) < 4.78 is 1.15. The fraction of sp³-hybridized carbons (Fsp3) is 0.174. The monoisotopic (exact) mass is 433 g/mol. The molecule has 0 bridgehead atoms. The van der Waals surface area contributed by atoms with Gasteiger partial charge in [0, 0.05) is 17.8 Å². The molecule has 1 atom stereocenters. The number of nitrogens with zero attached hydrogens (tertiary/aromatic N) is 2. The first-order valence-electron chi connectivity index (χ1n) is 9.80. The van der Waals surface area contributed by atoms with Crippen molar-refractivity contribution in [3.8, 4) is 10.6 Å². The van der Waals surface area contributed by atoms with Gasteiger partial charge in [-0.05, 0) is 60.7 Å². The van der Waals surface area contributed by atoms with Gasteiger partial charge >= 0.3 is 0 Å². The SMILES string of the molecule is O=C(Nc1ccc(-c2nc3ccccc3s2)cc1)[C@H]1CCCN1C(=O)c1cccs1. The molecule has 1 fully saturated rings. The fourth-order valence-corrected chi connectivity index (χ4v) is 5.39. The highest BCUT2D eigenvalue weighted by molar-refractivity contribution is 7.21. The Bertz CT molecular complexity index is 1170. The Morgan fingerprint density at radius 2 is 1.87 bits per heavy atom. The van der Waals surface area contributed by atoms with Crippen LogP contribution in [0, 0.1) is 0 Å². The Morgan fingerprint density at radius 3 is 2.63 bits per heavy atom. The first-order chi connectivity index (χ1) is 14.7. The summed E-state index contributed by atoms with van der Waals surface area (Å²) in [5, 5.41) is 5.81. The number of nitrogens with one attached hydrogen (secondary N) is 1. The van der Waals surface area contributed by atoms with E-state index in [0.29, 0.717) is 17.8 Å². The molecule has 0 spiro atoms. The summed E-state index contributed by atoms with van der Waals surface area (Å²) in [5.41, 5.74) is 2.73. The van der Waals surface area contributed by atoms with Crippen LogP contribution in [0.3, 0.4) is 0 Å². The highest BCUT2D eigenvalue weighted by Gasteiger charge is 2.34. The number of aromatic nitrogens is 1. The van der Waals surface area contributed by atoms with Crippen molar-refractivity contribution in [3.63, 3.8) is 0 Å². The van der Waals surface area contributed by atoms with Crippen LogP contribution in [-0.2, 0) is 4.79 Å². The normalized spacial score (nSPS) is 16.1. The Labute approximate surface area is 182 Å². The second-order valence-electron chi connectivity index (χ2n) is 7.19. The molecule has 5 nitrogen and oxygen atoms in total. The molecule has 5 rings (SSSR count). The van der Waals surface area contributed by atoms with Gasteiger partial charge in [-0.15, -0.1) is 22.7 Å². The van der Waals surface area contributed by atoms with Gasteiger partial charge in [0.2, 0.25) is 5.91 Å². The molecule has 1 saturated heterocycles. The quantitative estimate of drug-likeness (QED) is 0.477. The van der Waals surface area contributed by atoms with Crippen molar-refractivity contribution in [2.45, 2.75) is 18.9 Å². The van der Waals surface area contributed by atoms with Crippen LogP contribution in [0.1, 0.15) is 22.5 Å². The molecule has 2 aromatic carbocycles. The Morgan fingerprint density at radius 1 is 1.03 bits per heavy atom. The zero-order chi connectivity index (χ0) is 20.5. The highest BCUT2D eigenvalue weighted by atomic mass is 32.1. The number of fused-ring (bicyclic) bond motifs is 1. The minimum Gasteiger partial charge on any atom is -0.326 e. The number of para-hydroxylation sites is 1. The van der Waals surface area contributed by atoms with E-state index in [1.54, 1.807) is 22.3 Å². The Balaban J connectivity index is 1.29. The summed E-state index contributed by atoms with van der Waals surface area (Å²) in [7, 11) is 0. The lowest BCUT2D eigenvalue weighted by atomic mass is 10.1. The zero-order valence-electron chi connectivity index (χ0n) is 16.1. The molecule has 7 heteroatoms. The maximum absolute atomic E-state index is 12.9. The first kappa shape index (κ1) is 19.0. The number of thiazole rings is 1. The van der Waals surface area contributed by atoms with Crippen LogP contribution < -0.4 is 5.32 Å². The molecule has 0 radical (unpaired) electrons. The Hall–Kier alpha value is -3.03. The van der Waals surface area contributed by atoms with Gasteiger partial charge in [0.25, 0.3) is 5.91 Å². The lowest BCUT2D eigenvalue weighted by Gasteiger charge is -2.23. The number of rotatable bonds is 4. The molecule has 1 aliphatic rings. The summed E-state index contributed by atoms with van der Waals surface area (Å²) in [6, 6.07) is 19.0. The Kier molecular flexibility index (Phi) is 5.06. The van der Waals surface area contributed by atoms with Gasteiger partial charge in [0.05, 0.1) is 15.1 Å². The minimum atomic E-state index is -0.427. The van der Waals surface area contributed by atoms with Gasteiger partial charge in [0.1, 0.15) is 11.0 Å². The van der Waals surface area contributed by atoms with E-state index < -0.39 is 6.04 Å². The fourth-order valence-electron chi connectivity index (χ4n) is 3.74. The number of anilines is 1. The highest BCUT2D eigenvalue weighted by Crippen LogP contribution is 2.31. The predicted molar refractivity (Wildman–Crippen MR) is 122 cm³/mol. The van der Waals surface area contributed by atoms with Gasteiger partial charge in [0.15, 0.2) is 0 Å². The molecule has 150 valence electrons. The number of benzene rings is 2. The lowest BCUT2D eigenvalue weighted by Crippen LogP contribution is -2.42. The summed E-state index contributed by atoms with van der Waals surface area (Å²) in [6.45, 7) is 0.616. The summed E-state index contributed by atoms with van der Waals surface area (Å²) >= 11 is 3.06. The van der Waals surface area contributed by atoms with Crippen LogP contribution in [-0.4, -0.2) is 34.3 Å². The molecule has 4 aromatic rings. The van der Waals surface area contributed by atoms with E-state index in [1.807, 2.05) is 53.9 Å². The van der Waals surface area contributed by atoms with Crippen molar-refractivity contribution in [1.29, 1.82) is 0 Å².